The van der Waals surface area contributed by atoms with Crippen molar-refractivity contribution in [1.82, 2.24) is 24.6 Å². The van der Waals surface area contributed by atoms with Crippen molar-refractivity contribution in [3.8, 4) is 0 Å². The lowest BCUT2D eigenvalue weighted by Gasteiger charge is -2.35. The lowest BCUT2D eigenvalue weighted by molar-refractivity contribution is -0.137. The average Bonchev–Trinajstić information content (AvgIpc) is 3.19. The van der Waals surface area contributed by atoms with Crippen LogP contribution in [-0.2, 0) is 17.5 Å². The second-order valence-electron chi connectivity index (χ2n) is 6.16. The monoisotopic (exact) mass is 381 g/mol. The maximum Gasteiger partial charge on any atom is 0.416 e. The Hall–Kier alpha value is -2.91. The molecule has 0 aliphatic carbocycles. The number of amides is 2. The minimum absolute atomic E-state index is 0.00390. The van der Waals surface area contributed by atoms with Gasteiger partial charge in [-0.25, -0.2) is 4.98 Å². The third kappa shape index (κ3) is 4.63. The summed E-state index contributed by atoms with van der Waals surface area (Å²) in [6.07, 6.45) is -1.31. The van der Waals surface area contributed by atoms with Gasteiger partial charge in [0.25, 0.3) is 5.91 Å². The fraction of sp³-hybridized carbons (Fsp3) is 0.412. The van der Waals surface area contributed by atoms with Crippen molar-refractivity contribution in [2.45, 2.75) is 19.1 Å². The number of nitrogens with zero attached hydrogens (tertiary/aromatic N) is 5. The Labute approximate surface area is 153 Å². The molecule has 0 unspecified atom stereocenters. The molecule has 1 fully saturated rings. The smallest absolute Gasteiger partial charge is 0.339 e. The van der Waals surface area contributed by atoms with Crippen molar-refractivity contribution in [1.29, 1.82) is 0 Å². The van der Waals surface area contributed by atoms with E-state index < -0.39 is 17.6 Å². The number of aromatic nitrogens is 3. The molecule has 1 aromatic heterocycles. The first-order valence-electron chi connectivity index (χ1n) is 8.41. The van der Waals surface area contributed by atoms with E-state index in [9.17, 15) is 22.8 Å². The predicted molar refractivity (Wildman–Crippen MR) is 88.6 cm³/mol. The van der Waals surface area contributed by atoms with E-state index in [4.69, 9.17) is 0 Å². The third-order valence-electron chi connectivity index (χ3n) is 4.38. The van der Waals surface area contributed by atoms with Crippen LogP contribution in [0.1, 0.15) is 22.3 Å². The Balaban J connectivity index is 1.54. The minimum Gasteiger partial charge on any atom is -0.339 e. The van der Waals surface area contributed by atoms with Gasteiger partial charge in [0, 0.05) is 38.2 Å². The number of carbonyl (C=O) groups excluding carboxylic acids is 2. The molecule has 1 aliphatic rings. The number of rotatable bonds is 4. The Morgan fingerprint density at radius 1 is 1.07 bits per heavy atom. The van der Waals surface area contributed by atoms with Gasteiger partial charge in [0.15, 0.2) is 0 Å². The molecule has 2 aromatic rings. The topological polar surface area (TPSA) is 71.3 Å². The average molecular weight is 381 g/mol. The number of aryl methyl sites for hydroxylation is 1. The number of halogens is 3. The highest BCUT2D eigenvalue weighted by molar-refractivity contribution is 5.94. The molecule has 144 valence electrons. The van der Waals surface area contributed by atoms with Gasteiger partial charge in [0.2, 0.25) is 5.91 Å². The molecule has 10 heteroatoms. The summed E-state index contributed by atoms with van der Waals surface area (Å²) in [4.78, 5) is 31.6. The van der Waals surface area contributed by atoms with Crippen molar-refractivity contribution < 1.29 is 22.8 Å². The lowest BCUT2D eigenvalue weighted by atomic mass is 10.1. The normalized spacial score (nSPS) is 15.1. The largest absolute Gasteiger partial charge is 0.416 e. The Morgan fingerprint density at radius 3 is 2.41 bits per heavy atom. The van der Waals surface area contributed by atoms with Crippen molar-refractivity contribution in [2.24, 2.45) is 0 Å². The fourth-order valence-corrected chi connectivity index (χ4v) is 2.89. The molecule has 27 heavy (non-hydrogen) atoms. The van der Waals surface area contributed by atoms with Gasteiger partial charge in [-0.3, -0.25) is 14.3 Å². The highest BCUT2D eigenvalue weighted by Crippen LogP contribution is 2.29. The quantitative estimate of drug-likeness (QED) is 0.808. The zero-order valence-corrected chi connectivity index (χ0v) is 14.4. The summed E-state index contributed by atoms with van der Waals surface area (Å²) in [5, 5.41) is 3.93. The molecule has 1 saturated heterocycles. The van der Waals surface area contributed by atoms with Gasteiger partial charge in [-0.15, -0.1) is 0 Å². The molecule has 0 saturated carbocycles. The van der Waals surface area contributed by atoms with Gasteiger partial charge in [0.1, 0.15) is 12.7 Å². The summed E-state index contributed by atoms with van der Waals surface area (Å²) in [7, 11) is 0. The highest BCUT2D eigenvalue weighted by Gasteiger charge is 2.32. The van der Waals surface area contributed by atoms with E-state index in [2.05, 4.69) is 10.1 Å². The van der Waals surface area contributed by atoms with E-state index in [1.165, 1.54) is 29.7 Å². The van der Waals surface area contributed by atoms with Gasteiger partial charge in [-0.2, -0.15) is 18.3 Å². The van der Waals surface area contributed by atoms with E-state index in [-0.39, 0.29) is 31.0 Å². The Kier molecular flexibility index (Phi) is 5.43. The fourth-order valence-electron chi connectivity index (χ4n) is 2.89. The van der Waals surface area contributed by atoms with E-state index in [1.54, 1.807) is 9.58 Å². The van der Waals surface area contributed by atoms with Crippen LogP contribution in [0.15, 0.2) is 36.9 Å². The molecule has 1 aromatic carbocycles. The van der Waals surface area contributed by atoms with Crippen LogP contribution in [0.5, 0.6) is 0 Å². The molecule has 0 N–H and O–H groups in total. The minimum atomic E-state index is -4.49. The third-order valence-corrected chi connectivity index (χ3v) is 4.38. The summed E-state index contributed by atoms with van der Waals surface area (Å²) in [5.41, 5.74) is -0.856. The van der Waals surface area contributed by atoms with Crippen LogP contribution in [0.4, 0.5) is 13.2 Å². The second-order valence-corrected chi connectivity index (χ2v) is 6.16. The van der Waals surface area contributed by atoms with Crippen LogP contribution in [0.3, 0.4) is 0 Å². The molecular weight excluding hydrogens is 363 g/mol. The van der Waals surface area contributed by atoms with Crippen molar-refractivity contribution in [2.75, 3.05) is 26.2 Å². The summed E-state index contributed by atoms with van der Waals surface area (Å²) < 4.78 is 40.0. The molecule has 0 radical (unpaired) electrons. The van der Waals surface area contributed by atoms with E-state index in [0.29, 0.717) is 19.6 Å². The summed E-state index contributed by atoms with van der Waals surface area (Å²) in [6.45, 7) is 1.68. The molecular formula is C17H18F3N5O2. The van der Waals surface area contributed by atoms with Crippen LogP contribution in [-0.4, -0.2) is 62.6 Å². The van der Waals surface area contributed by atoms with Gasteiger partial charge < -0.3 is 9.80 Å². The maximum absolute atomic E-state index is 12.8. The molecule has 7 nitrogen and oxygen atoms in total. The number of benzene rings is 1. The number of hydrogen-bond donors (Lipinski definition) is 0. The first-order chi connectivity index (χ1) is 12.8. The zero-order valence-electron chi connectivity index (χ0n) is 14.4. The number of piperazine rings is 1. The van der Waals surface area contributed by atoms with Gasteiger partial charge >= 0.3 is 6.18 Å². The second kappa shape index (κ2) is 7.77. The van der Waals surface area contributed by atoms with Crippen LogP contribution in [0.2, 0.25) is 0 Å². The van der Waals surface area contributed by atoms with Crippen LogP contribution in [0, 0.1) is 0 Å². The predicted octanol–water partition coefficient (Wildman–Crippen LogP) is 1.67. The molecule has 2 heterocycles. The van der Waals surface area contributed by atoms with Crippen LogP contribution >= 0.6 is 0 Å². The summed E-state index contributed by atoms with van der Waals surface area (Å²) in [6, 6.07) is 4.38. The molecule has 1 aliphatic heterocycles. The Bertz CT molecular complexity index is 799. The molecule has 0 spiro atoms. The lowest BCUT2D eigenvalue weighted by Crippen LogP contribution is -2.50. The van der Waals surface area contributed by atoms with Crippen molar-refractivity contribution in [3.63, 3.8) is 0 Å². The Morgan fingerprint density at radius 2 is 1.78 bits per heavy atom. The van der Waals surface area contributed by atoms with Gasteiger partial charge in [0.05, 0.1) is 12.1 Å². The van der Waals surface area contributed by atoms with E-state index >= 15 is 0 Å². The molecule has 3 rings (SSSR count). The van der Waals surface area contributed by atoms with Crippen molar-refractivity contribution >= 4 is 11.8 Å². The highest BCUT2D eigenvalue weighted by atomic mass is 19.4. The van der Waals surface area contributed by atoms with Crippen LogP contribution in [0.25, 0.3) is 0 Å². The number of carbonyl (C=O) groups is 2. The van der Waals surface area contributed by atoms with E-state index in [0.717, 1.165) is 12.1 Å². The standard InChI is InChI=1S/C17H18F3N5O2/c18-17(19,20)14-3-1-2-13(10-14)16(27)24-8-6-23(7-9-24)15(26)4-5-25-12-21-11-22-25/h1-3,10-12H,4-9H2. The number of alkyl halides is 3. The summed E-state index contributed by atoms with van der Waals surface area (Å²) in [5.74, 6) is -0.521. The zero-order chi connectivity index (χ0) is 19.4. The summed E-state index contributed by atoms with van der Waals surface area (Å²) >= 11 is 0. The SMILES string of the molecule is O=C(CCn1cncn1)N1CCN(C(=O)c2cccc(C(F)(F)F)c2)CC1. The molecule has 2 amide bonds. The first kappa shape index (κ1) is 18.9. The molecule has 0 bridgehead atoms. The first-order valence-corrected chi connectivity index (χ1v) is 8.41. The van der Waals surface area contributed by atoms with E-state index in [1.807, 2.05) is 0 Å². The van der Waals surface area contributed by atoms with Crippen LogP contribution < -0.4 is 0 Å². The number of hydrogen-bond acceptors (Lipinski definition) is 4. The van der Waals surface area contributed by atoms with Crippen molar-refractivity contribution in [3.05, 3.63) is 48.0 Å². The van der Waals surface area contributed by atoms with Gasteiger partial charge in [-0.05, 0) is 18.2 Å². The maximum atomic E-state index is 12.8. The molecule has 0 atom stereocenters. The van der Waals surface area contributed by atoms with Gasteiger partial charge in [-0.1, -0.05) is 6.07 Å².